The lowest BCUT2D eigenvalue weighted by Gasteiger charge is -2.22. The molecule has 0 aliphatic carbocycles. The van der Waals surface area contributed by atoms with Gasteiger partial charge in [0.25, 0.3) is 0 Å². The third-order valence-corrected chi connectivity index (χ3v) is 3.22. The number of rotatable bonds is 3. The highest BCUT2D eigenvalue weighted by Gasteiger charge is 2.18. The third kappa shape index (κ3) is 4.10. The first-order valence-electron chi connectivity index (χ1n) is 7.33. The number of alkyl carbamates (subject to hydrolysis) is 1. The summed E-state index contributed by atoms with van der Waals surface area (Å²) in [6, 6.07) is 7.87. The molecular weight excluding hydrogens is 278 g/mol. The Hall–Kier alpha value is -2.30. The number of hydrogen-bond acceptors (Lipinski definition) is 3. The van der Waals surface area contributed by atoms with Gasteiger partial charge >= 0.3 is 6.09 Å². The monoisotopic (exact) mass is 301 g/mol. The van der Waals surface area contributed by atoms with Gasteiger partial charge in [-0.25, -0.2) is 9.78 Å². The summed E-state index contributed by atoms with van der Waals surface area (Å²) in [4.78, 5) is 16.1. The van der Waals surface area contributed by atoms with Crippen LogP contribution in [0.1, 0.15) is 39.3 Å². The van der Waals surface area contributed by atoms with Crippen LogP contribution >= 0.6 is 0 Å². The number of amides is 1. The molecule has 5 heteroatoms. The fourth-order valence-electron chi connectivity index (χ4n) is 2.13. The van der Waals surface area contributed by atoms with E-state index in [1.54, 1.807) is 6.20 Å². The van der Waals surface area contributed by atoms with Crippen LogP contribution in [0.3, 0.4) is 0 Å². The molecule has 0 spiro atoms. The van der Waals surface area contributed by atoms with Crippen LogP contribution in [0, 0.1) is 0 Å². The Morgan fingerprint density at radius 2 is 1.91 bits per heavy atom. The molecule has 0 aliphatic rings. The minimum Gasteiger partial charge on any atom is -0.444 e. The Bertz CT molecular complexity index is 639. The highest BCUT2D eigenvalue weighted by atomic mass is 16.6. The maximum atomic E-state index is 11.8. The number of aromatic nitrogens is 2. The van der Waals surface area contributed by atoms with E-state index >= 15 is 0 Å². The smallest absolute Gasteiger partial charge is 0.408 e. The molecule has 0 saturated carbocycles. The van der Waals surface area contributed by atoms with Crippen LogP contribution < -0.4 is 5.32 Å². The molecule has 0 bridgehead atoms. The van der Waals surface area contributed by atoms with E-state index in [0.29, 0.717) is 0 Å². The summed E-state index contributed by atoms with van der Waals surface area (Å²) in [5.41, 5.74) is 1.57. The van der Waals surface area contributed by atoms with E-state index < -0.39 is 11.7 Å². The average molecular weight is 301 g/mol. The molecule has 1 amide bonds. The van der Waals surface area contributed by atoms with Crippen LogP contribution in [0.5, 0.6) is 0 Å². The van der Waals surface area contributed by atoms with Crippen molar-refractivity contribution in [1.82, 2.24) is 14.9 Å². The minimum atomic E-state index is -0.494. The molecule has 0 saturated heterocycles. The van der Waals surface area contributed by atoms with Gasteiger partial charge < -0.3 is 14.6 Å². The first-order valence-corrected chi connectivity index (χ1v) is 7.33. The molecule has 1 unspecified atom stereocenters. The number of nitrogens with zero attached hydrogens (tertiary/aromatic N) is 2. The normalized spacial score (nSPS) is 12.8. The van der Waals surface area contributed by atoms with Gasteiger partial charge in [-0.05, 0) is 33.3 Å². The summed E-state index contributed by atoms with van der Waals surface area (Å²) in [6.45, 7) is 7.47. The quantitative estimate of drug-likeness (QED) is 0.941. The van der Waals surface area contributed by atoms with E-state index in [2.05, 4.69) is 10.3 Å². The fourth-order valence-corrected chi connectivity index (χ4v) is 2.13. The van der Waals surface area contributed by atoms with Crippen molar-refractivity contribution in [2.24, 2.45) is 7.05 Å². The van der Waals surface area contributed by atoms with E-state index in [4.69, 9.17) is 4.74 Å². The lowest BCUT2D eigenvalue weighted by atomic mass is 10.1. The number of aryl methyl sites for hydroxylation is 1. The maximum Gasteiger partial charge on any atom is 0.408 e. The number of benzene rings is 1. The van der Waals surface area contributed by atoms with E-state index in [0.717, 1.165) is 17.0 Å². The predicted octanol–water partition coefficient (Wildman–Crippen LogP) is 3.67. The molecule has 0 fully saturated rings. The van der Waals surface area contributed by atoms with Crippen molar-refractivity contribution in [1.29, 1.82) is 0 Å². The third-order valence-electron chi connectivity index (χ3n) is 3.22. The van der Waals surface area contributed by atoms with E-state index in [1.165, 1.54) is 0 Å². The zero-order valence-electron chi connectivity index (χ0n) is 13.8. The molecule has 0 radical (unpaired) electrons. The molecule has 1 heterocycles. The van der Waals surface area contributed by atoms with Gasteiger partial charge in [0.15, 0.2) is 0 Å². The topological polar surface area (TPSA) is 56.1 Å². The molecule has 1 aromatic carbocycles. The fraction of sp³-hybridized carbons (Fsp3) is 0.412. The Labute approximate surface area is 131 Å². The Balaban J connectivity index is 2.04. The van der Waals surface area contributed by atoms with Crippen LogP contribution in [0.4, 0.5) is 4.79 Å². The van der Waals surface area contributed by atoms with Crippen LogP contribution in [0.2, 0.25) is 0 Å². The van der Waals surface area contributed by atoms with Crippen molar-refractivity contribution >= 4 is 6.09 Å². The number of nitrogens with one attached hydrogen (secondary N) is 1. The molecule has 0 aliphatic heterocycles. The molecule has 2 rings (SSSR count). The molecular formula is C17H23N3O2. The average Bonchev–Trinajstić information content (AvgIpc) is 2.83. The number of hydrogen-bond donors (Lipinski definition) is 1. The molecule has 118 valence electrons. The van der Waals surface area contributed by atoms with Crippen molar-refractivity contribution < 1.29 is 9.53 Å². The van der Waals surface area contributed by atoms with E-state index in [-0.39, 0.29) is 6.04 Å². The highest BCUT2D eigenvalue weighted by molar-refractivity contribution is 5.68. The lowest BCUT2D eigenvalue weighted by molar-refractivity contribution is 0.0508. The number of carbonyl (C=O) groups is 1. The van der Waals surface area contributed by atoms with E-state index in [9.17, 15) is 4.79 Å². The summed E-state index contributed by atoms with van der Waals surface area (Å²) in [5, 5.41) is 2.84. The molecule has 22 heavy (non-hydrogen) atoms. The number of ether oxygens (including phenoxy) is 1. The Kier molecular flexibility index (Phi) is 4.54. The summed E-state index contributed by atoms with van der Waals surface area (Å²) in [6.07, 6.45) is 3.28. The summed E-state index contributed by atoms with van der Waals surface area (Å²) < 4.78 is 7.23. The highest BCUT2D eigenvalue weighted by Crippen LogP contribution is 2.20. The first-order chi connectivity index (χ1) is 10.3. The van der Waals surface area contributed by atoms with Gasteiger partial charge in [-0.3, -0.25) is 0 Å². The molecule has 1 N–H and O–H groups in total. The van der Waals surface area contributed by atoms with Gasteiger partial charge in [-0.1, -0.05) is 24.3 Å². The van der Waals surface area contributed by atoms with Crippen LogP contribution in [0.25, 0.3) is 11.4 Å². The second-order valence-corrected chi connectivity index (χ2v) is 6.35. The van der Waals surface area contributed by atoms with Gasteiger partial charge in [0.2, 0.25) is 0 Å². The Morgan fingerprint density at radius 1 is 1.27 bits per heavy atom. The van der Waals surface area contributed by atoms with Gasteiger partial charge in [0.1, 0.15) is 11.4 Å². The molecule has 5 nitrogen and oxygen atoms in total. The molecule has 1 aromatic heterocycles. The lowest BCUT2D eigenvalue weighted by Crippen LogP contribution is -2.34. The Morgan fingerprint density at radius 3 is 2.41 bits per heavy atom. The van der Waals surface area contributed by atoms with Crippen LogP contribution in [0.15, 0.2) is 36.7 Å². The largest absolute Gasteiger partial charge is 0.444 e. The van der Waals surface area contributed by atoms with Crippen molar-refractivity contribution in [2.75, 3.05) is 0 Å². The first kappa shape index (κ1) is 16.1. The van der Waals surface area contributed by atoms with Crippen molar-refractivity contribution in [2.45, 2.75) is 39.3 Å². The van der Waals surface area contributed by atoms with Crippen LogP contribution in [-0.4, -0.2) is 21.2 Å². The second-order valence-electron chi connectivity index (χ2n) is 6.35. The SMILES string of the molecule is CC(NC(=O)OC(C)(C)C)c1ccc(-c2nccn2C)cc1. The number of carbonyl (C=O) groups excluding carboxylic acids is 1. The van der Waals surface area contributed by atoms with Gasteiger partial charge in [-0.2, -0.15) is 0 Å². The minimum absolute atomic E-state index is 0.120. The zero-order valence-corrected chi connectivity index (χ0v) is 13.8. The van der Waals surface area contributed by atoms with Crippen molar-refractivity contribution in [3.8, 4) is 11.4 Å². The number of imidazole rings is 1. The summed E-state index contributed by atoms with van der Waals surface area (Å²) in [5.74, 6) is 0.916. The summed E-state index contributed by atoms with van der Waals surface area (Å²) >= 11 is 0. The zero-order chi connectivity index (χ0) is 16.3. The summed E-state index contributed by atoms with van der Waals surface area (Å²) in [7, 11) is 1.96. The predicted molar refractivity (Wildman–Crippen MR) is 86.4 cm³/mol. The standard InChI is InChI=1S/C17H23N3O2/c1-12(19-16(21)22-17(2,3)4)13-6-8-14(9-7-13)15-18-10-11-20(15)5/h6-12H,1-5H3,(H,19,21). The molecule has 1 atom stereocenters. The van der Waals surface area contributed by atoms with Gasteiger partial charge in [0.05, 0.1) is 6.04 Å². The van der Waals surface area contributed by atoms with Gasteiger partial charge in [-0.15, -0.1) is 0 Å². The van der Waals surface area contributed by atoms with Crippen molar-refractivity contribution in [3.05, 3.63) is 42.2 Å². The van der Waals surface area contributed by atoms with E-state index in [1.807, 2.05) is 69.8 Å². The van der Waals surface area contributed by atoms with Crippen LogP contribution in [-0.2, 0) is 11.8 Å². The van der Waals surface area contributed by atoms with Crippen molar-refractivity contribution in [3.63, 3.8) is 0 Å². The maximum absolute atomic E-state index is 11.8. The second kappa shape index (κ2) is 6.22. The van der Waals surface area contributed by atoms with Gasteiger partial charge in [0, 0.05) is 25.0 Å². The molecule has 2 aromatic rings.